The van der Waals surface area contributed by atoms with Gasteiger partial charge in [-0.3, -0.25) is 0 Å². The highest BCUT2D eigenvalue weighted by molar-refractivity contribution is 7.89. The number of hydrogen-bond donors (Lipinski definition) is 1. The molecule has 1 saturated heterocycles. The predicted molar refractivity (Wildman–Crippen MR) is 112 cm³/mol. The molecule has 1 fully saturated rings. The number of aromatic nitrogens is 1. The number of hydrogen-bond acceptors (Lipinski definition) is 3. The first kappa shape index (κ1) is 19.0. The maximum Gasteiger partial charge on any atom is 0.243 e. The van der Waals surface area contributed by atoms with E-state index in [0.29, 0.717) is 23.7 Å². The Labute approximate surface area is 166 Å². The lowest BCUT2D eigenvalue weighted by molar-refractivity contribution is 0.313. The van der Waals surface area contributed by atoms with Crippen molar-refractivity contribution < 1.29 is 13.2 Å². The number of sulfonamides is 1. The molecule has 0 radical (unpaired) electrons. The molecule has 4 rings (SSSR count). The molecule has 1 atom stereocenters. The zero-order valence-corrected chi connectivity index (χ0v) is 17.3. The normalized spacial score (nSPS) is 18.5. The molecule has 1 N–H and O–H groups in total. The highest BCUT2D eigenvalue weighted by atomic mass is 32.2. The van der Waals surface area contributed by atoms with Gasteiger partial charge in [-0.2, -0.15) is 4.31 Å². The third kappa shape index (κ3) is 3.31. The Hall–Kier alpha value is -2.31. The zero-order valence-electron chi connectivity index (χ0n) is 16.5. The first-order valence-electron chi connectivity index (χ1n) is 9.63. The molecule has 0 aliphatic carbocycles. The molecule has 0 saturated carbocycles. The summed E-state index contributed by atoms with van der Waals surface area (Å²) in [6, 6.07) is 13.9. The molecule has 28 heavy (non-hydrogen) atoms. The van der Waals surface area contributed by atoms with Gasteiger partial charge >= 0.3 is 0 Å². The van der Waals surface area contributed by atoms with Crippen molar-refractivity contribution in [2.24, 2.45) is 0 Å². The number of rotatable bonds is 4. The van der Waals surface area contributed by atoms with E-state index in [0.717, 1.165) is 35.2 Å². The zero-order chi connectivity index (χ0) is 19.9. The minimum atomic E-state index is -3.55. The molecular formula is C22H26N2O3S. The number of nitrogens with zero attached hydrogens (tertiary/aromatic N) is 1. The number of fused-ring (bicyclic) bond motifs is 1. The molecule has 1 aromatic heterocycles. The van der Waals surface area contributed by atoms with Crippen LogP contribution in [0.2, 0.25) is 0 Å². The van der Waals surface area contributed by atoms with Gasteiger partial charge in [-0.05, 0) is 67.5 Å². The van der Waals surface area contributed by atoms with Crippen LogP contribution in [0.5, 0.6) is 5.75 Å². The fraction of sp³-hybridized carbons (Fsp3) is 0.364. The summed E-state index contributed by atoms with van der Waals surface area (Å²) in [7, 11) is -1.94. The van der Waals surface area contributed by atoms with Crippen LogP contribution in [-0.2, 0) is 10.0 Å². The van der Waals surface area contributed by atoms with Crippen molar-refractivity contribution in [1.82, 2.24) is 9.29 Å². The van der Waals surface area contributed by atoms with Crippen molar-refractivity contribution >= 4 is 20.9 Å². The van der Waals surface area contributed by atoms with E-state index in [1.54, 1.807) is 23.5 Å². The number of aromatic amines is 1. The first-order chi connectivity index (χ1) is 13.4. The quantitative estimate of drug-likeness (QED) is 0.710. The molecule has 1 aliphatic heterocycles. The highest BCUT2D eigenvalue weighted by Crippen LogP contribution is 2.33. The minimum Gasteiger partial charge on any atom is -0.496 e. The maximum atomic E-state index is 13.4. The van der Waals surface area contributed by atoms with Crippen LogP contribution in [0, 0.1) is 13.8 Å². The molecule has 1 unspecified atom stereocenters. The molecule has 5 nitrogen and oxygen atoms in total. The van der Waals surface area contributed by atoms with Crippen LogP contribution < -0.4 is 4.74 Å². The molecule has 2 heterocycles. The van der Waals surface area contributed by atoms with Gasteiger partial charge in [0.25, 0.3) is 0 Å². The largest absolute Gasteiger partial charge is 0.496 e. The number of benzene rings is 2. The summed E-state index contributed by atoms with van der Waals surface area (Å²) in [6.45, 7) is 4.76. The van der Waals surface area contributed by atoms with E-state index in [1.165, 1.54) is 5.39 Å². The molecule has 0 bridgehead atoms. The van der Waals surface area contributed by atoms with Gasteiger partial charge in [0.1, 0.15) is 5.75 Å². The number of aryl methyl sites for hydroxylation is 2. The molecule has 2 aromatic carbocycles. The standard InChI is InChI=1S/C22H26N2O3S/c1-15-12-22(16(2)11-21(15)27-3)28(25,26)24-10-6-8-18(14-24)20-13-17-7-4-5-9-19(17)23-20/h4-5,7,9,11-13,18,23H,6,8,10,14H2,1-3H3. The molecule has 0 amide bonds. The van der Waals surface area contributed by atoms with Crippen LogP contribution in [0.3, 0.4) is 0 Å². The second-order valence-corrected chi connectivity index (χ2v) is 9.51. The summed E-state index contributed by atoms with van der Waals surface area (Å²) in [4.78, 5) is 3.85. The summed E-state index contributed by atoms with van der Waals surface area (Å²) < 4.78 is 33.7. The maximum absolute atomic E-state index is 13.4. The van der Waals surface area contributed by atoms with Gasteiger partial charge in [-0.15, -0.1) is 0 Å². The number of piperidine rings is 1. The average Bonchev–Trinajstić information content (AvgIpc) is 3.13. The highest BCUT2D eigenvalue weighted by Gasteiger charge is 2.32. The van der Waals surface area contributed by atoms with E-state index < -0.39 is 10.0 Å². The monoisotopic (exact) mass is 398 g/mol. The number of nitrogens with one attached hydrogen (secondary N) is 1. The van der Waals surface area contributed by atoms with Crippen LogP contribution in [0.15, 0.2) is 47.4 Å². The van der Waals surface area contributed by atoms with Crippen molar-refractivity contribution in [3.05, 3.63) is 59.3 Å². The Kier molecular flexibility index (Phi) is 4.93. The van der Waals surface area contributed by atoms with E-state index in [9.17, 15) is 8.42 Å². The van der Waals surface area contributed by atoms with E-state index in [2.05, 4.69) is 23.2 Å². The van der Waals surface area contributed by atoms with Crippen LogP contribution >= 0.6 is 0 Å². The fourth-order valence-corrected chi connectivity index (χ4v) is 5.95. The molecule has 148 valence electrons. The van der Waals surface area contributed by atoms with E-state index in [4.69, 9.17) is 4.74 Å². The Morgan fingerprint density at radius 1 is 1.11 bits per heavy atom. The second kappa shape index (κ2) is 7.26. The van der Waals surface area contributed by atoms with E-state index in [1.807, 2.05) is 26.0 Å². The average molecular weight is 399 g/mol. The Bertz CT molecular complexity index is 1090. The van der Waals surface area contributed by atoms with Crippen molar-refractivity contribution in [2.45, 2.75) is 37.5 Å². The Morgan fingerprint density at radius 2 is 1.89 bits per heavy atom. The van der Waals surface area contributed by atoms with Gasteiger partial charge < -0.3 is 9.72 Å². The molecule has 1 aliphatic rings. The van der Waals surface area contributed by atoms with Crippen molar-refractivity contribution in [1.29, 1.82) is 0 Å². The van der Waals surface area contributed by atoms with Gasteiger partial charge in [0.15, 0.2) is 0 Å². The van der Waals surface area contributed by atoms with E-state index in [-0.39, 0.29) is 5.92 Å². The van der Waals surface area contributed by atoms with Crippen LogP contribution in [0.25, 0.3) is 10.9 Å². The topological polar surface area (TPSA) is 62.4 Å². The third-order valence-corrected chi connectivity index (χ3v) is 7.69. The molecule has 3 aromatic rings. The van der Waals surface area contributed by atoms with Gasteiger partial charge in [-0.1, -0.05) is 18.2 Å². The summed E-state index contributed by atoms with van der Waals surface area (Å²) >= 11 is 0. The lowest BCUT2D eigenvalue weighted by atomic mass is 9.96. The second-order valence-electron chi connectivity index (χ2n) is 7.60. The van der Waals surface area contributed by atoms with Crippen molar-refractivity contribution in [3.8, 4) is 5.75 Å². The number of H-pyrrole nitrogens is 1. The van der Waals surface area contributed by atoms with Crippen LogP contribution in [0.1, 0.15) is 35.6 Å². The third-order valence-electron chi connectivity index (χ3n) is 5.69. The van der Waals surface area contributed by atoms with Crippen molar-refractivity contribution in [3.63, 3.8) is 0 Å². The van der Waals surface area contributed by atoms with Crippen LogP contribution in [0.4, 0.5) is 0 Å². The Balaban J connectivity index is 1.64. The number of ether oxygens (including phenoxy) is 1. The number of para-hydroxylation sites is 1. The predicted octanol–water partition coefficient (Wildman–Crippen LogP) is 4.36. The minimum absolute atomic E-state index is 0.176. The van der Waals surface area contributed by atoms with Gasteiger partial charge in [0, 0.05) is 30.2 Å². The summed E-state index contributed by atoms with van der Waals surface area (Å²) in [6.07, 6.45) is 1.84. The van der Waals surface area contributed by atoms with Crippen molar-refractivity contribution in [2.75, 3.05) is 20.2 Å². The SMILES string of the molecule is COc1cc(C)c(S(=O)(=O)N2CCCC(c3cc4ccccc4[nH]3)C2)cc1C. The summed E-state index contributed by atoms with van der Waals surface area (Å²) in [5.74, 6) is 0.890. The van der Waals surface area contributed by atoms with Crippen LogP contribution in [-0.4, -0.2) is 37.9 Å². The van der Waals surface area contributed by atoms with Gasteiger partial charge in [0.05, 0.1) is 12.0 Å². The fourth-order valence-electron chi connectivity index (χ4n) is 4.13. The first-order valence-corrected chi connectivity index (χ1v) is 11.1. The summed E-state index contributed by atoms with van der Waals surface area (Å²) in [5.41, 5.74) is 3.76. The number of methoxy groups -OCH3 is 1. The van der Waals surface area contributed by atoms with Gasteiger partial charge in [-0.25, -0.2) is 8.42 Å². The molecule has 6 heteroatoms. The lowest BCUT2D eigenvalue weighted by Crippen LogP contribution is -2.39. The van der Waals surface area contributed by atoms with E-state index >= 15 is 0 Å². The molecule has 0 spiro atoms. The molecular weight excluding hydrogens is 372 g/mol. The van der Waals surface area contributed by atoms with Gasteiger partial charge in [0.2, 0.25) is 10.0 Å². The smallest absolute Gasteiger partial charge is 0.243 e. The summed E-state index contributed by atoms with van der Waals surface area (Å²) in [5, 5.41) is 1.17. The lowest BCUT2D eigenvalue weighted by Gasteiger charge is -2.32. The Morgan fingerprint density at radius 3 is 2.64 bits per heavy atom.